The second kappa shape index (κ2) is 5.40. The van der Waals surface area contributed by atoms with Crippen LogP contribution in [0.4, 0.5) is 5.82 Å². The monoisotopic (exact) mass is 289 g/mol. The van der Waals surface area contributed by atoms with Crippen LogP contribution in [-0.4, -0.2) is 35.9 Å². The van der Waals surface area contributed by atoms with Crippen LogP contribution in [-0.2, 0) is 16.3 Å². The Morgan fingerprint density at radius 3 is 2.89 bits per heavy atom. The van der Waals surface area contributed by atoms with Gasteiger partial charge in [0.05, 0.1) is 11.5 Å². The molecule has 1 aliphatic rings. The first-order valence-electron chi connectivity index (χ1n) is 5.99. The van der Waals surface area contributed by atoms with Crippen molar-refractivity contribution in [3.63, 3.8) is 0 Å². The van der Waals surface area contributed by atoms with Gasteiger partial charge < -0.3 is 5.32 Å². The fourth-order valence-corrected chi connectivity index (χ4v) is 3.87. The molecule has 0 aromatic carbocycles. The molecular formula is C11H16ClN3O2S. The molecule has 0 amide bonds. The van der Waals surface area contributed by atoms with Crippen LogP contribution >= 0.6 is 11.6 Å². The minimum absolute atomic E-state index is 0.0737. The molecule has 0 saturated carbocycles. The Morgan fingerprint density at radius 1 is 1.50 bits per heavy atom. The van der Waals surface area contributed by atoms with Gasteiger partial charge in [0.15, 0.2) is 9.84 Å². The maximum Gasteiger partial charge on any atom is 0.152 e. The molecule has 2 heterocycles. The lowest BCUT2D eigenvalue weighted by Crippen LogP contribution is -2.21. The van der Waals surface area contributed by atoms with Crippen molar-refractivity contribution in [2.24, 2.45) is 0 Å². The van der Waals surface area contributed by atoms with E-state index >= 15 is 0 Å². The summed E-state index contributed by atoms with van der Waals surface area (Å²) < 4.78 is 22.7. The van der Waals surface area contributed by atoms with Crippen LogP contribution in [0.3, 0.4) is 0 Å². The molecule has 1 aliphatic heterocycles. The number of anilines is 1. The summed E-state index contributed by atoms with van der Waals surface area (Å²) in [5.74, 6) is 1.71. The average Bonchev–Trinajstić information content (AvgIpc) is 2.57. The van der Waals surface area contributed by atoms with Crippen LogP contribution in [0.5, 0.6) is 0 Å². The van der Waals surface area contributed by atoms with Crippen molar-refractivity contribution < 1.29 is 8.42 Å². The van der Waals surface area contributed by atoms with Gasteiger partial charge in [-0.05, 0) is 12.8 Å². The number of aromatic nitrogens is 2. The lowest BCUT2D eigenvalue weighted by atomic mass is 10.2. The van der Waals surface area contributed by atoms with Crippen LogP contribution < -0.4 is 5.32 Å². The molecule has 2 rings (SSSR count). The number of hydrogen-bond donors (Lipinski definition) is 1. The number of aryl methyl sites for hydroxylation is 1. The number of nitrogens with zero attached hydrogens (tertiary/aromatic N) is 2. The molecule has 18 heavy (non-hydrogen) atoms. The molecule has 1 N–H and O–H groups in total. The van der Waals surface area contributed by atoms with E-state index in [2.05, 4.69) is 15.3 Å². The summed E-state index contributed by atoms with van der Waals surface area (Å²) in [6.45, 7) is 2.04. The van der Waals surface area contributed by atoms with E-state index in [-0.39, 0.29) is 17.5 Å². The van der Waals surface area contributed by atoms with E-state index in [0.29, 0.717) is 23.2 Å². The van der Waals surface area contributed by atoms with Crippen molar-refractivity contribution in [1.82, 2.24) is 9.97 Å². The zero-order valence-electron chi connectivity index (χ0n) is 10.2. The molecule has 100 valence electrons. The van der Waals surface area contributed by atoms with Gasteiger partial charge in [-0.15, -0.1) is 0 Å². The molecule has 1 aromatic rings. The van der Waals surface area contributed by atoms with Gasteiger partial charge in [0.1, 0.15) is 16.8 Å². The van der Waals surface area contributed by atoms with Crippen LogP contribution in [0.1, 0.15) is 25.6 Å². The summed E-state index contributed by atoms with van der Waals surface area (Å²) >= 11 is 5.92. The third-order valence-corrected chi connectivity index (χ3v) is 4.76. The van der Waals surface area contributed by atoms with E-state index < -0.39 is 9.84 Å². The first kappa shape index (κ1) is 13.5. The first-order chi connectivity index (χ1) is 8.48. The summed E-state index contributed by atoms with van der Waals surface area (Å²) in [7, 11) is -2.88. The third kappa shape index (κ3) is 3.55. The van der Waals surface area contributed by atoms with Crippen molar-refractivity contribution in [3.05, 3.63) is 17.0 Å². The van der Waals surface area contributed by atoms with Crippen LogP contribution in [0, 0.1) is 0 Å². The maximum absolute atomic E-state index is 11.4. The normalized spacial score (nSPS) is 22.0. The van der Waals surface area contributed by atoms with Gasteiger partial charge in [-0.2, -0.15) is 0 Å². The molecule has 0 spiro atoms. The second-order valence-corrected chi connectivity index (χ2v) is 7.10. The SMILES string of the molecule is CCCc1nc(Cl)cc(NC2CCS(=O)(=O)C2)n1. The Labute approximate surface area is 112 Å². The smallest absolute Gasteiger partial charge is 0.152 e. The second-order valence-electron chi connectivity index (χ2n) is 4.49. The van der Waals surface area contributed by atoms with Gasteiger partial charge >= 0.3 is 0 Å². The lowest BCUT2D eigenvalue weighted by Gasteiger charge is -2.12. The van der Waals surface area contributed by atoms with E-state index in [1.807, 2.05) is 6.92 Å². The van der Waals surface area contributed by atoms with Gasteiger partial charge in [0.2, 0.25) is 0 Å². The van der Waals surface area contributed by atoms with E-state index in [0.717, 1.165) is 12.8 Å². The van der Waals surface area contributed by atoms with Crippen molar-refractivity contribution in [1.29, 1.82) is 0 Å². The van der Waals surface area contributed by atoms with Gasteiger partial charge in [-0.25, -0.2) is 18.4 Å². The Morgan fingerprint density at radius 2 is 2.28 bits per heavy atom. The van der Waals surface area contributed by atoms with Crippen molar-refractivity contribution in [2.45, 2.75) is 32.2 Å². The summed E-state index contributed by atoms with van der Waals surface area (Å²) in [6.07, 6.45) is 2.32. The number of rotatable bonds is 4. The van der Waals surface area contributed by atoms with Gasteiger partial charge in [0, 0.05) is 18.5 Å². The standard InChI is InChI=1S/C11H16ClN3O2S/c1-2-3-10-14-9(12)6-11(15-10)13-8-4-5-18(16,17)7-8/h6,8H,2-5,7H2,1H3,(H,13,14,15). The van der Waals surface area contributed by atoms with Crippen molar-refractivity contribution >= 4 is 27.3 Å². The molecule has 0 radical (unpaired) electrons. The van der Waals surface area contributed by atoms with Crippen molar-refractivity contribution in [3.8, 4) is 0 Å². The Bertz CT molecular complexity index is 533. The average molecular weight is 290 g/mol. The molecule has 0 bridgehead atoms. The number of hydrogen-bond acceptors (Lipinski definition) is 5. The minimum Gasteiger partial charge on any atom is -0.366 e. The summed E-state index contributed by atoms with van der Waals surface area (Å²) in [5.41, 5.74) is 0. The summed E-state index contributed by atoms with van der Waals surface area (Å²) in [6, 6.07) is 1.56. The first-order valence-corrected chi connectivity index (χ1v) is 8.19. The molecular weight excluding hydrogens is 274 g/mol. The van der Waals surface area contributed by atoms with Crippen LogP contribution in [0.15, 0.2) is 6.07 Å². The molecule has 5 nitrogen and oxygen atoms in total. The fourth-order valence-electron chi connectivity index (χ4n) is 1.99. The largest absolute Gasteiger partial charge is 0.366 e. The lowest BCUT2D eigenvalue weighted by molar-refractivity contribution is 0.602. The highest BCUT2D eigenvalue weighted by Crippen LogP contribution is 2.18. The van der Waals surface area contributed by atoms with Gasteiger partial charge in [-0.3, -0.25) is 0 Å². The molecule has 1 unspecified atom stereocenters. The maximum atomic E-state index is 11.4. The molecule has 1 saturated heterocycles. The fraction of sp³-hybridized carbons (Fsp3) is 0.636. The highest BCUT2D eigenvalue weighted by Gasteiger charge is 2.28. The molecule has 1 aromatic heterocycles. The van der Waals surface area contributed by atoms with E-state index in [9.17, 15) is 8.42 Å². The number of nitrogens with one attached hydrogen (secondary N) is 1. The minimum atomic E-state index is -2.88. The van der Waals surface area contributed by atoms with Gasteiger partial charge in [-0.1, -0.05) is 18.5 Å². The van der Waals surface area contributed by atoms with Crippen molar-refractivity contribution in [2.75, 3.05) is 16.8 Å². The molecule has 7 heteroatoms. The van der Waals surface area contributed by atoms with Gasteiger partial charge in [0.25, 0.3) is 0 Å². The number of halogens is 1. The quantitative estimate of drug-likeness (QED) is 0.854. The Kier molecular flexibility index (Phi) is 4.07. The topological polar surface area (TPSA) is 72.0 Å². The van der Waals surface area contributed by atoms with Crippen LogP contribution in [0.25, 0.3) is 0 Å². The summed E-state index contributed by atoms with van der Waals surface area (Å²) in [5, 5.41) is 3.51. The van der Waals surface area contributed by atoms with E-state index in [4.69, 9.17) is 11.6 Å². The third-order valence-electron chi connectivity index (χ3n) is 2.80. The van der Waals surface area contributed by atoms with E-state index in [1.165, 1.54) is 0 Å². The van der Waals surface area contributed by atoms with Crippen LogP contribution in [0.2, 0.25) is 5.15 Å². The molecule has 1 fully saturated rings. The highest BCUT2D eigenvalue weighted by atomic mass is 35.5. The predicted molar refractivity (Wildman–Crippen MR) is 71.7 cm³/mol. The zero-order valence-corrected chi connectivity index (χ0v) is 11.8. The Hall–Kier alpha value is -0.880. The predicted octanol–water partition coefficient (Wildman–Crippen LogP) is 1.68. The zero-order chi connectivity index (χ0) is 13.2. The highest BCUT2D eigenvalue weighted by molar-refractivity contribution is 7.91. The van der Waals surface area contributed by atoms with E-state index in [1.54, 1.807) is 6.07 Å². The Balaban J connectivity index is 2.09. The molecule has 1 atom stereocenters. The summed E-state index contributed by atoms with van der Waals surface area (Å²) in [4.78, 5) is 8.46. The number of sulfone groups is 1. The molecule has 0 aliphatic carbocycles.